The normalized spacial score (nSPS) is 10.3. The summed E-state index contributed by atoms with van der Waals surface area (Å²) in [6.45, 7) is 4.38. The molecule has 126 valence electrons. The summed E-state index contributed by atoms with van der Waals surface area (Å²) in [4.78, 5) is 25.6. The number of halogens is 1. The van der Waals surface area contributed by atoms with Crippen LogP contribution in [0.15, 0.2) is 53.0 Å². The van der Waals surface area contributed by atoms with Crippen LogP contribution in [0.25, 0.3) is 0 Å². The minimum Gasteiger partial charge on any atom is -0.354 e. The third-order valence-corrected chi connectivity index (χ3v) is 4.32. The van der Waals surface area contributed by atoms with Crippen LogP contribution in [0.5, 0.6) is 0 Å². The summed E-state index contributed by atoms with van der Waals surface area (Å²) in [6, 6.07) is 15.4. The third kappa shape index (κ3) is 5.20. The molecular formula is C19H21BrN2O2. The molecule has 1 N–H and O–H groups in total. The molecule has 2 amide bonds. The lowest BCUT2D eigenvalue weighted by molar-refractivity contribution is -0.121. The monoisotopic (exact) mass is 388 g/mol. The van der Waals surface area contributed by atoms with Crippen molar-refractivity contribution in [2.24, 2.45) is 0 Å². The third-order valence-electron chi connectivity index (χ3n) is 3.79. The van der Waals surface area contributed by atoms with E-state index in [9.17, 15) is 9.59 Å². The molecule has 0 aliphatic carbocycles. The van der Waals surface area contributed by atoms with Gasteiger partial charge in [0.15, 0.2) is 0 Å². The van der Waals surface area contributed by atoms with Gasteiger partial charge >= 0.3 is 0 Å². The Hall–Kier alpha value is -2.14. The van der Waals surface area contributed by atoms with E-state index < -0.39 is 0 Å². The molecule has 0 bridgehead atoms. The van der Waals surface area contributed by atoms with Crippen molar-refractivity contribution in [1.82, 2.24) is 5.32 Å². The predicted molar refractivity (Wildman–Crippen MR) is 100 cm³/mol. The summed E-state index contributed by atoms with van der Waals surface area (Å²) in [5, 5.41) is 2.88. The van der Waals surface area contributed by atoms with E-state index >= 15 is 0 Å². The number of benzene rings is 2. The van der Waals surface area contributed by atoms with E-state index in [1.807, 2.05) is 55.5 Å². The molecule has 0 saturated carbocycles. The van der Waals surface area contributed by atoms with Crippen LogP contribution in [0.3, 0.4) is 0 Å². The van der Waals surface area contributed by atoms with Crippen molar-refractivity contribution < 1.29 is 9.59 Å². The van der Waals surface area contributed by atoms with Gasteiger partial charge in [-0.3, -0.25) is 9.59 Å². The number of anilines is 1. The first kappa shape index (κ1) is 18.2. The molecule has 2 aromatic carbocycles. The number of hydrogen-bond acceptors (Lipinski definition) is 2. The molecule has 2 rings (SSSR count). The fourth-order valence-corrected chi connectivity index (χ4v) is 2.70. The minimum atomic E-state index is -0.0505. The number of nitrogens with one attached hydrogen (secondary N) is 1. The zero-order valence-electron chi connectivity index (χ0n) is 13.9. The highest BCUT2D eigenvalue weighted by molar-refractivity contribution is 9.10. The molecule has 0 heterocycles. The summed E-state index contributed by atoms with van der Waals surface area (Å²) in [6.07, 6.45) is 0.352. The number of carbonyl (C=O) groups is 2. The van der Waals surface area contributed by atoms with Gasteiger partial charge in [0.05, 0.1) is 6.42 Å². The molecule has 2 aromatic rings. The van der Waals surface area contributed by atoms with Gasteiger partial charge in [-0.05, 0) is 42.3 Å². The van der Waals surface area contributed by atoms with E-state index in [0.29, 0.717) is 19.5 Å². The van der Waals surface area contributed by atoms with E-state index in [-0.39, 0.29) is 11.8 Å². The van der Waals surface area contributed by atoms with Crippen molar-refractivity contribution in [2.75, 3.05) is 18.0 Å². The fraction of sp³-hybridized carbons (Fsp3) is 0.263. The average molecular weight is 389 g/mol. The molecule has 0 aliphatic rings. The molecule has 0 spiro atoms. The van der Waals surface area contributed by atoms with Crippen molar-refractivity contribution in [1.29, 1.82) is 0 Å². The maximum atomic E-state index is 12.1. The number of rotatable bonds is 6. The van der Waals surface area contributed by atoms with Crippen LogP contribution in [-0.4, -0.2) is 24.9 Å². The van der Waals surface area contributed by atoms with Gasteiger partial charge in [-0.25, -0.2) is 0 Å². The largest absolute Gasteiger partial charge is 0.354 e. The van der Waals surface area contributed by atoms with E-state index in [2.05, 4.69) is 21.2 Å². The highest BCUT2D eigenvalue weighted by atomic mass is 79.9. The fourth-order valence-electron chi connectivity index (χ4n) is 2.44. The number of amides is 2. The van der Waals surface area contributed by atoms with Gasteiger partial charge in [-0.15, -0.1) is 0 Å². The van der Waals surface area contributed by atoms with E-state index in [4.69, 9.17) is 0 Å². The SMILES string of the molecule is CC(=O)N(CCNC(=O)Cc1ccccc1C)c1ccc(Br)cc1. The van der Waals surface area contributed by atoms with E-state index in [0.717, 1.165) is 21.3 Å². The minimum absolute atomic E-state index is 0.0383. The topological polar surface area (TPSA) is 49.4 Å². The second-order valence-corrected chi connectivity index (χ2v) is 6.52. The first-order chi connectivity index (χ1) is 11.5. The van der Waals surface area contributed by atoms with Crippen LogP contribution in [-0.2, 0) is 16.0 Å². The Morgan fingerprint density at radius 3 is 2.38 bits per heavy atom. The zero-order chi connectivity index (χ0) is 17.5. The van der Waals surface area contributed by atoms with Crippen molar-refractivity contribution in [2.45, 2.75) is 20.3 Å². The second-order valence-electron chi connectivity index (χ2n) is 5.60. The lowest BCUT2D eigenvalue weighted by atomic mass is 10.1. The van der Waals surface area contributed by atoms with Crippen LogP contribution >= 0.6 is 15.9 Å². The summed E-state index contributed by atoms with van der Waals surface area (Å²) >= 11 is 3.38. The molecule has 0 aromatic heterocycles. The first-order valence-corrected chi connectivity index (χ1v) is 8.61. The van der Waals surface area contributed by atoms with E-state index in [1.54, 1.807) is 4.90 Å². The quantitative estimate of drug-likeness (QED) is 0.823. The molecule has 0 aliphatic heterocycles. The zero-order valence-corrected chi connectivity index (χ0v) is 15.5. The van der Waals surface area contributed by atoms with Gasteiger partial charge in [0, 0.05) is 30.2 Å². The van der Waals surface area contributed by atoms with Gasteiger partial charge in [-0.2, -0.15) is 0 Å². The molecule has 0 atom stereocenters. The molecule has 4 nitrogen and oxygen atoms in total. The highest BCUT2D eigenvalue weighted by Gasteiger charge is 2.12. The molecular weight excluding hydrogens is 368 g/mol. The van der Waals surface area contributed by atoms with Gasteiger partial charge in [-0.1, -0.05) is 40.2 Å². The Balaban J connectivity index is 1.89. The second kappa shape index (κ2) is 8.64. The first-order valence-electron chi connectivity index (χ1n) is 7.82. The van der Waals surface area contributed by atoms with Gasteiger partial charge in [0.2, 0.25) is 11.8 Å². The van der Waals surface area contributed by atoms with Crippen LogP contribution < -0.4 is 10.2 Å². The standard InChI is InChI=1S/C19H21BrN2O2/c1-14-5-3-4-6-16(14)13-19(24)21-11-12-22(15(2)23)18-9-7-17(20)8-10-18/h3-10H,11-13H2,1-2H3,(H,21,24). The Morgan fingerprint density at radius 2 is 1.75 bits per heavy atom. The van der Waals surface area contributed by atoms with Crippen molar-refractivity contribution in [3.05, 3.63) is 64.1 Å². The maximum absolute atomic E-state index is 12.1. The maximum Gasteiger partial charge on any atom is 0.224 e. The summed E-state index contributed by atoms with van der Waals surface area (Å²) in [5.74, 6) is -0.0888. The number of nitrogens with zero attached hydrogens (tertiary/aromatic N) is 1. The van der Waals surface area contributed by atoms with Gasteiger partial charge in [0.1, 0.15) is 0 Å². The number of aryl methyl sites for hydroxylation is 1. The predicted octanol–water partition coefficient (Wildman–Crippen LogP) is 3.47. The number of carbonyl (C=O) groups excluding carboxylic acids is 2. The van der Waals surface area contributed by atoms with Gasteiger partial charge < -0.3 is 10.2 Å². The summed E-state index contributed by atoms with van der Waals surface area (Å²) < 4.78 is 0.960. The molecule has 24 heavy (non-hydrogen) atoms. The van der Waals surface area contributed by atoms with E-state index in [1.165, 1.54) is 6.92 Å². The highest BCUT2D eigenvalue weighted by Crippen LogP contribution is 2.18. The molecule has 0 unspecified atom stereocenters. The van der Waals surface area contributed by atoms with Crippen molar-refractivity contribution in [3.63, 3.8) is 0 Å². The Morgan fingerprint density at radius 1 is 1.08 bits per heavy atom. The molecule has 0 fully saturated rings. The Labute approximate surface area is 151 Å². The molecule has 0 radical (unpaired) electrons. The summed E-state index contributed by atoms with van der Waals surface area (Å²) in [7, 11) is 0. The van der Waals surface area contributed by atoms with Crippen molar-refractivity contribution in [3.8, 4) is 0 Å². The molecule has 5 heteroatoms. The van der Waals surface area contributed by atoms with Crippen LogP contribution in [0, 0.1) is 6.92 Å². The average Bonchev–Trinajstić information content (AvgIpc) is 2.54. The Kier molecular flexibility index (Phi) is 6.55. The van der Waals surface area contributed by atoms with Crippen LogP contribution in [0.4, 0.5) is 5.69 Å². The van der Waals surface area contributed by atoms with Gasteiger partial charge in [0.25, 0.3) is 0 Å². The lowest BCUT2D eigenvalue weighted by Crippen LogP contribution is -2.38. The van der Waals surface area contributed by atoms with Crippen LogP contribution in [0.2, 0.25) is 0 Å². The van der Waals surface area contributed by atoms with Crippen molar-refractivity contribution >= 4 is 33.4 Å². The summed E-state index contributed by atoms with van der Waals surface area (Å²) in [5.41, 5.74) is 2.94. The molecule has 0 saturated heterocycles. The Bertz CT molecular complexity index is 714. The number of hydrogen-bond donors (Lipinski definition) is 1. The smallest absolute Gasteiger partial charge is 0.224 e. The van der Waals surface area contributed by atoms with Crippen LogP contribution in [0.1, 0.15) is 18.1 Å². The lowest BCUT2D eigenvalue weighted by Gasteiger charge is -2.21.